The lowest BCUT2D eigenvalue weighted by Gasteiger charge is -2.28. The molecule has 0 radical (unpaired) electrons. The Balaban J connectivity index is 1.10. The lowest BCUT2D eigenvalue weighted by molar-refractivity contribution is 0.669. The zero-order valence-electron chi connectivity index (χ0n) is 30.6. The minimum absolute atomic E-state index is 0.882. The number of benzene rings is 10. The predicted molar refractivity (Wildman–Crippen MR) is 237 cm³/mol. The predicted octanol–water partition coefficient (Wildman–Crippen LogP) is 15.5. The third kappa shape index (κ3) is 5.51. The molecule has 0 unspecified atom stereocenters. The molecule has 0 amide bonds. The van der Waals surface area contributed by atoms with E-state index < -0.39 is 0 Å². The van der Waals surface area contributed by atoms with Gasteiger partial charge in [0.1, 0.15) is 11.2 Å². The van der Waals surface area contributed by atoms with Crippen molar-refractivity contribution in [2.75, 3.05) is 4.90 Å². The largest absolute Gasteiger partial charge is 0.456 e. The monoisotopic (exact) mass is 713 g/mol. The maximum Gasteiger partial charge on any atom is 0.136 e. The summed E-state index contributed by atoms with van der Waals surface area (Å²) in [4.78, 5) is 2.40. The highest BCUT2D eigenvalue weighted by molar-refractivity contribution is 6.16. The number of para-hydroxylation sites is 1. The van der Waals surface area contributed by atoms with Crippen LogP contribution in [0.5, 0.6) is 0 Å². The highest BCUT2D eigenvalue weighted by Gasteiger charge is 2.21. The van der Waals surface area contributed by atoms with Crippen molar-refractivity contribution >= 4 is 71.3 Å². The molecule has 2 nitrogen and oxygen atoms in total. The number of furan rings is 1. The van der Waals surface area contributed by atoms with Crippen LogP contribution in [0.2, 0.25) is 0 Å². The Labute approximate surface area is 325 Å². The second-order valence-electron chi connectivity index (χ2n) is 14.5. The molecule has 0 aliphatic carbocycles. The summed E-state index contributed by atoms with van der Waals surface area (Å²) in [5.74, 6) is 0. The molecule has 0 atom stereocenters. The molecule has 1 heterocycles. The van der Waals surface area contributed by atoms with Gasteiger partial charge in [0.25, 0.3) is 0 Å². The summed E-state index contributed by atoms with van der Waals surface area (Å²) in [6.07, 6.45) is 0. The van der Waals surface area contributed by atoms with Crippen LogP contribution < -0.4 is 4.90 Å². The van der Waals surface area contributed by atoms with Gasteiger partial charge in [-0.3, -0.25) is 0 Å². The van der Waals surface area contributed by atoms with Gasteiger partial charge in [-0.05, 0) is 121 Å². The van der Waals surface area contributed by atoms with E-state index in [1.54, 1.807) is 0 Å². The van der Waals surface area contributed by atoms with Crippen molar-refractivity contribution in [3.8, 4) is 33.4 Å². The summed E-state index contributed by atoms with van der Waals surface area (Å²) < 4.78 is 6.56. The molecule has 0 aliphatic rings. The van der Waals surface area contributed by atoms with Crippen LogP contribution in [0, 0.1) is 0 Å². The molecule has 0 bridgehead atoms. The molecule has 0 N–H and O–H groups in total. The Morgan fingerprint density at radius 2 is 0.839 bits per heavy atom. The van der Waals surface area contributed by atoms with Crippen LogP contribution in [-0.4, -0.2) is 0 Å². The maximum atomic E-state index is 6.56. The van der Waals surface area contributed by atoms with Crippen LogP contribution in [0.3, 0.4) is 0 Å². The Kier molecular flexibility index (Phi) is 7.53. The van der Waals surface area contributed by atoms with Gasteiger partial charge in [0, 0.05) is 27.7 Å². The van der Waals surface area contributed by atoms with Crippen molar-refractivity contribution in [2.24, 2.45) is 0 Å². The number of hydrogen-bond donors (Lipinski definition) is 0. The van der Waals surface area contributed by atoms with Crippen molar-refractivity contribution in [1.29, 1.82) is 0 Å². The van der Waals surface area contributed by atoms with Crippen LogP contribution in [-0.2, 0) is 0 Å². The average Bonchev–Trinajstić information content (AvgIpc) is 3.63. The summed E-state index contributed by atoms with van der Waals surface area (Å²) in [6, 6.07) is 76.6. The maximum absolute atomic E-state index is 6.56. The minimum atomic E-state index is 0.882. The molecule has 11 aromatic rings. The smallest absolute Gasteiger partial charge is 0.136 e. The molecule has 262 valence electrons. The molecule has 0 saturated carbocycles. The van der Waals surface area contributed by atoms with Gasteiger partial charge in [-0.1, -0.05) is 152 Å². The summed E-state index contributed by atoms with van der Waals surface area (Å²) in [5.41, 5.74) is 12.0. The molecule has 10 aromatic carbocycles. The Morgan fingerprint density at radius 1 is 0.304 bits per heavy atom. The van der Waals surface area contributed by atoms with Crippen LogP contribution in [0.1, 0.15) is 0 Å². The van der Waals surface area contributed by atoms with Crippen molar-refractivity contribution in [2.45, 2.75) is 0 Å². The van der Waals surface area contributed by atoms with Crippen molar-refractivity contribution in [1.82, 2.24) is 0 Å². The average molecular weight is 714 g/mol. The highest BCUT2D eigenvalue weighted by Crippen LogP contribution is 2.46. The van der Waals surface area contributed by atoms with Crippen LogP contribution >= 0.6 is 0 Å². The van der Waals surface area contributed by atoms with Gasteiger partial charge in [-0.25, -0.2) is 0 Å². The van der Waals surface area contributed by atoms with Crippen LogP contribution in [0.25, 0.3) is 87.6 Å². The first kappa shape index (κ1) is 32.0. The number of nitrogens with zero attached hydrogens (tertiary/aromatic N) is 1. The van der Waals surface area contributed by atoms with E-state index in [-0.39, 0.29) is 0 Å². The summed E-state index contributed by atoms with van der Waals surface area (Å²) in [7, 11) is 0. The fourth-order valence-corrected chi connectivity index (χ4v) is 8.43. The van der Waals surface area contributed by atoms with Gasteiger partial charge in [0.15, 0.2) is 0 Å². The van der Waals surface area contributed by atoms with Gasteiger partial charge in [-0.2, -0.15) is 0 Å². The first-order valence-corrected chi connectivity index (χ1v) is 19.2. The topological polar surface area (TPSA) is 16.4 Å². The number of anilines is 3. The second-order valence-corrected chi connectivity index (χ2v) is 14.5. The van der Waals surface area contributed by atoms with Crippen molar-refractivity contribution in [3.63, 3.8) is 0 Å². The highest BCUT2D eigenvalue weighted by atomic mass is 16.3. The standard InChI is InChI=1S/C54H35NO/c1-3-13-39-31-44(25-23-36(39)11-1)38-27-29-46(30-28-38)55(47-18-9-17-41(33-47)45-26-24-37-12-2-4-14-40(37)32-45)51-21-8-7-19-48(51)49-20-10-22-52-54(49)50-34-42-15-5-6-16-43(42)35-53(50)56-52/h1-35H. The third-order valence-electron chi connectivity index (χ3n) is 11.2. The van der Waals surface area contributed by atoms with Gasteiger partial charge in [0.05, 0.1) is 5.69 Å². The molecule has 2 heteroatoms. The minimum Gasteiger partial charge on any atom is -0.456 e. The second kappa shape index (κ2) is 13.2. The van der Waals surface area contributed by atoms with Crippen LogP contribution in [0.15, 0.2) is 217 Å². The fourth-order valence-electron chi connectivity index (χ4n) is 8.43. The van der Waals surface area contributed by atoms with E-state index in [0.717, 1.165) is 50.1 Å². The Hall–Kier alpha value is -7.42. The molecule has 11 rings (SSSR count). The summed E-state index contributed by atoms with van der Waals surface area (Å²) in [6.45, 7) is 0. The van der Waals surface area contributed by atoms with E-state index in [1.807, 2.05) is 0 Å². The zero-order valence-corrected chi connectivity index (χ0v) is 30.6. The first-order valence-electron chi connectivity index (χ1n) is 19.2. The number of fused-ring (bicyclic) bond motifs is 6. The third-order valence-corrected chi connectivity index (χ3v) is 11.2. The van der Waals surface area contributed by atoms with E-state index in [0.29, 0.717) is 0 Å². The molecule has 0 saturated heterocycles. The zero-order chi connectivity index (χ0) is 37.0. The number of hydrogen-bond acceptors (Lipinski definition) is 2. The molecular weight excluding hydrogens is 679 g/mol. The van der Waals surface area contributed by atoms with Crippen molar-refractivity contribution < 1.29 is 4.42 Å². The molecule has 0 aliphatic heterocycles. The number of rotatable bonds is 6. The molecule has 0 fully saturated rings. The van der Waals surface area contributed by atoms with Gasteiger partial charge >= 0.3 is 0 Å². The Bertz CT molecular complexity index is 3260. The van der Waals surface area contributed by atoms with E-state index in [1.165, 1.54) is 54.6 Å². The SMILES string of the molecule is c1cc(-c2ccc3ccccc3c2)cc(N(c2ccc(-c3ccc4ccccc4c3)cc2)c2ccccc2-c2cccc3oc4cc5ccccc5cc4c23)c1. The molecular formula is C54H35NO. The quantitative estimate of drug-likeness (QED) is 0.171. The fraction of sp³-hybridized carbons (Fsp3) is 0. The van der Waals surface area contributed by atoms with Gasteiger partial charge in [0.2, 0.25) is 0 Å². The normalized spacial score (nSPS) is 11.6. The van der Waals surface area contributed by atoms with E-state index in [2.05, 4.69) is 217 Å². The van der Waals surface area contributed by atoms with Gasteiger partial charge < -0.3 is 9.32 Å². The molecule has 1 aromatic heterocycles. The lowest BCUT2D eigenvalue weighted by Crippen LogP contribution is -2.11. The molecule has 56 heavy (non-hydrogen) atoms. The van der Waals surface area contributed by atoms with E-state index in [4.69, 9.17) is 4.42 Å². The van der Waals surface area contributed by atoms with E-state index >= 15 is 0 Å². The van der Waals surface area contributed by atoms with Crippen molar-refractivity contribution in [3.05, 3.63) is 212 Å². The van der Waals surface area contributed by atoms with E-state index in [9.17, 15) is 0 Å². The lowest BCUT2D eigenvalue weighted by atomic mass is 9.95. The first-order chi connectivity index (χ1) is 27.7. The summed E-state index contributed by atoms with van der Waals surface area (Å²) in [5, 5.41) is 9.57. The summed E-state index contributed by atoms with van der Waals surface area (Å²) >= 11 is 0. The Morgan fingerprint density at radius 3 is 1.55 bits per heavy atom. The molecule has 0 spiro atoms. The van der Waals surface area contributed by atoms with Gasteiger partial charge in [-0.15, -0.1) is 0 Å². The van der Waals surface area contributed by atoms with Crippen LogP contribution in [0.4, 0.5) is 17.1 Å².